The molecular weight excluding hydrogens is 404 g/mol. The molecule has 0 bridgehead atoms. The van der Waals surface area contributed by atoms with Crippen LogP contribution in [0.2, 0.25) is 0 Å². The molecule has 5 aromatic carbocycles. The van der Waals surface area contributed by atoms with E-state index in [4.69, 9.17) is 8.83 Å². The zero-order valence-corrected chi connectivity index (χ0v) is 18.9. The van der Waals surface area contributed by atoms with Crippen LogP contribution in [0.3, 0.4) is 0 Å². The summed E-state index contributed by atoms with van der Waals surface area (Å²) in [6.45, 7) is 4.36. The molecule has 2 heterocycles. The van der Waals surface area contributed by atoms with Gasteiger partial charge in [-0.3, -0.25) is 0 Å². The van der Waals surface area contributed by atoms with Crippen LogP contribution in [0.4, 0.5) is 0 Å². The number of rotatable bonds is 3. The Morgan fingerprint density at radius 1 is 0.545 bits per heavy atom. The average molecular weight is 429 g/mol. The minimum atomic E-state index is 0.905. The summed E-state index contributed by atoms with van der Waals surface area (Å²) in [5.41, 5.74) is 6.32. The second-order valence-electron chi connectivity index (χ2n) is 9.38. The first-order valence-electron chi connectivity index (χ1n) is 11.8. The predicted molar refractivity (Wildman–Crippen MR) is 139 cm³/mol. The van der Waals surface area contributed by atoms with Gasteiger partial charge < -0.3 is 8.83 Å². The predicted octanol–water partition coefficient (Wildman–Crippen LogP) is 9.44. The van der Waals surface area contributed by atoms with E-state index in [0.29, 0.717) is 0 Å². The summed E-state index contributed by atoms with van der Waals surface area (Å²) in [6.07, 6.45) is 3.56. The number of benzene rings is 5. The molecule has 2 nitrogen and oxygen atoms in total. The van der Waals surface area contributed by atoms with Crippen molar-refractivity contribution in [1.29, 1.82) is 0 Å². The number of furan rings is 2. The van der Waals surface area contributed by atoms with Crippen LogP contribution < -0.4 is 0 Å². The molecule has 0 N–H and O–H groups in total. The first-order valence-corrected chi connectivity index (χ1v) is 11.8. The lowest BCUT2D eigenvalue weighted by atomic mass is 10.0. The lowest BCUT2D eigenvalue weighted by Crippen LogP contribution is -1.84. The normalized spacial score (nSPS) is 12.3. The van der Waals surface area contributed by atoms with Gasteiger partial charge in [-0.1, -0.05) is 55.3 Å². The van der Waals surface area contributed by atoms with Crippen molar-refractivity contribution in [3.63, 3.8) is 0 Å². The van der Waals surface area contributed by atoms with Crippen LogP contribution in [-0.4, -0.2) is 0 Å². The van der Waals surface area contributed by atoms with E-state index >= 15 is 0 Å². The number of aryl methyl sites for hydroxylation is 2. The summed E-state index contributed by atoms with van der Waals surface area (Å²) in [5.74, 6) is 0. The third-order valence-electron chi connectivity index (χ3n) is 7.02. The van der Waals surface area contributed by atoms with Crippen LogP contribution in [0.15, 0.2) is 81.6 Å². The van der Waals surface area contributed by atoms with Gasteiger partial charge >= 0.3 is 0 Å². The molecule has 0 fully saturated rings. The molecule has 0 amide bonds. The molecule has 7 aromatic rings. The van der Waals surface area contributed by atoms with Gasteiger partial charge in [-0.15, -0.1) is 0 Å². The van der Waals surface area contributed by atoms with Crippen LogP contribution in [0, 0.1) is 6.92 Å². The third kappa shape index (κ3) is 2.87. The van der Waals surface area contributed by atoms with Crippen LogP contribution in [0.1, 0.15) is 30.9 Å². The largest absolute Gasteiger partial charge is 0.456 e. The first kappa shape index (κ1) is 18.8. The standard InChI is InChI=1S/C31H24O2/c1-3-4-5-19-7-9-21-13-25-27-17-30-26(16-31(27)33-29(25)15-23(21)11-19)24-12-20-8-6-18(2)10-22(20)14-28(24)32-30/h6-17H,3-5H2,1-2H3. The Balaban J connectivity index is 1.46. The Morgan fingerprint density at radius 2 is 1.09 bits per heavy atom. The molecule has 0 unspecified atom stereocenters. The van der Waals surface area contributed by atoms with Crippen molar-refractivity contribution in [1.82, 2.24) is 0 Å². The Hall–Kier alpha value is -3.78. The molecule has 2 aromatic heterocycles. The van der Waals surface area contributed by atoms with Gasteiger partial charge in [-0.05, 0) is 83.3 Å². The van der Waals surface area contributed by atoms with E-state index in [2.05, 4.69) is 86.6 Å². The van der Waals surface area contributed by atoms with Gasteiger partial charge in [0.1, 0.15) is 22.3 Å². The fraction of sp³-hybridized carbons (Fsp3) is 0.161. The summed E-state index contributed by atoms with van der Waals surface area (Å²) in [7, 11) is 0. The summed E-state index contributed by atoms with van der Waals surface area (Å²) in [4.78, 5) is 0. The van der Waals surface area contributed by atoms with Gasteiger partial charge in [0, 0.05) is 21.5 Å². The molecule has 0 aliphatic carbocycles. The second-order valence-corrected chi connectivity index (χ2v) is 9.38. The number of hydrogen-bond donors (Lipinski definition) is 0. The summed E-state index contributed by atoms with van der Waals surface area (Å²) in [5, 5.41) is 9.41. The van der Waals surface area contributed by atoms with Crippen molar-refractivity contribution in [3.8, 4) is 0 Å². The molecule has 0 radical (unpaired) electrons. The maximum atomic E-state index is 6.37. The third-order valence-corrected chi connectivity index (χ3v) is 7.02. The number of unbranched alkanes of at least 4 members (excludes halogenated alkanes) is 1. The molecule has 0 saturated heterocycles. The minimum Gasteiger partial charge on any atom is -0.456 e. The Bertz CT molecular complexity index is 1860. The molecule has 0 spiro atoms. The quantitative estimate of drug-likeness (QED) is 0.280. The van der Waals surface area contributed by atoms with Crippen LogP contribution in [0.5, 0.6) is 0 Å². The van der Waals surface area contributed by atoms with E-state index in [0.717, 1.165) is 50.3 Å². The Kier molecular flexibility index (Phi) is 3.90. The summed E-state index contributed by atoms with van der Waals surface area (Å²) >= 11 is 0. The fourth-order valence-corrected chi connectivity index (χ4v) is 5.24. The zero-order chi connectivity index (χ0) is 22.1. The van der Waals surface area contributed by atoms with Crippen molar-refractivity contribution in [2.45, 2.75) is 33.1 Å². The SMILES string of the molecule is CCCCc1ccc2cc3c(cc2c1)oc1cc2c(cc13)oc1cc3cc(C)ccc3cc12. The molecule has 0 atom stereocenters. The van der Waals surface area contributed by atoms with Gasteiger partial charge in [0.2, 0.25) is 0 Å². The first-order chi connectivity index (χ1) is 16.2. The average Bonchev–Trinajstić information content (AvgIpc) is 3.34. The maximum Gasteiger partial charge on any atom is 0.136 e. The van der Waals surface area contributed by atoms with Gasteiger partial charge in [-0.2, -0.15) is 0 Å². The number of fused-ring (bicyclic) bond motifs is 8. The topological polar surface area (TPSA) is 26.3 Å². The van der Waals surface area contributed by atoms with E-state index in [1.807, 2.05) is 0 Å². The van der Waals surface area contributed by atoms with E-state index in [-0.39, 0.29) is 0 Å². The second kappa shape index (κ2) is 6.86. The highest BCUT2D eigenvalue weighted by Crippen LogP contribution is 2.39. The van der Waals surface area contributed by atoms with E-state index in [1.54, 1.807) is 0 Å². The van der Waals surface area contributed by atoms with Crippen LogP contribution in [0.25, 0.3) is 65.4 Å². The lowest BCUT2D eigenvalue weighted by Gasteiger charge is -2.03. The molecule has 0 saturated carbocycles. The molecule has 0 aliphatic rings. The van der Waals surface area contributed by atoms with Gasteiger partial charge in [0.05, 0.1) is 0 Å². The lowest BCUT2D eigenvalue weighted by molar-refractivity contribution is 0.664. The molecule has 7 rings (SSSR count). The minimum absolute atomic E-state index is 0.905. The van der Waals surface area contributed by atoms with Crippen molar-refractivity contribution < 1.29 is 8.83 Å². The van der Waals surface area contributed by atoms with Crippen molar-refractivity contribution in [3.05, 3.63) is 83.9 Å². The molecule has 0 aliphatic heterocycles. The van der Waals surface area contributed by atoms with Crippen LogP contribution in [-0.2, 0) is 6.42 Å². The highest BCUT2D eigenvalue weighted by Gasteiger charge is 2.15. The molecule has 160 valence electrons. The fourth-order valence-electron chi connectivity index (χ4n) is 5.24. The van der Waals surface area contributed by atoms with Gasteiger partial charge in [-0.25, -0.2) is 0 Å². The van der Waals surface area contributed by atoms with Crippen molar-refractivity contribution in [2.75, 3.05) is 0 Å². The Morgan fingerprint density at radius 3 is 1.73 bits per heavy atom. The van der Waals surface area contributed by atoms with Gasteiger partial charge in [0.15, 0.2) is 0 Å². The molecular formula is C31H24O2. The van der Waals surface area contributed by atoms with Gasteiger partial charge in [0.25, 0.3) is 0 Å². The van der Waals surface area contributed by atoms with E-state index < -0.39 is 0 Å². The number of hydrogen-bond acceptors (Lipinski definition) is 2. The highest BCUT2D eigenvalue weighted by molar-refractivity contribution is 6.18. The summed E-state index contributed by atoms with van der Waals surface area (Å²) < 4.78 is 12.7. The van der Waals surface area contributed by atoms with Crippen molar-refractivity contribution in [2.24, 2.45) is 0 Å². The monoisotopic (exact) mass is 428 g/mol. The summed E-state index contributed by atoms with van der Waals surface area (Å²) in [6, 6.07) is 26.5. The highest BCUT2D eigenvalue weighted by atomic mass is 16.3. The Labute approximate surface area is 191 Å². The molecule has 33 heavy (non-hydrogen) atoms. The van der Waals surface area contributed by atoms with E-state index in [1.165, 1.54) is 45.5 Å². The zero-order valence-electron chi connectivity index (χ0n) is 18.9. The molecule has 2 heteroatoms. The van der Waals surface area contributed by atoms with E-state index in [9.17, 15) is 0 Å². The van der Waals surface area contributed by atoms with Crippen molar-refractivity contribution >= 4 is 65.4 Å². The maximum absolute atomic E-state index is 6.37. The van der Waals surface area contributed by atoms with Crippen LogP contribution >= 0.6 is 0 Å². The smallest absolute Gasteiger partial charge is 0.136 e.